The van der Waals surface area contributed by atoms with Gasteiger partial charge in [-0.3, -0.25) is 4.79 Å². The van der Waals surface area contributed by atoms with E-state index in [9.17, 15) is 4.79 Å². The van der Waals surface area contributed by atoms with Crippen LogP contribution in [0.3, 0.4) is 0 Å². The van der Waals surface area contributed by atoms with Crippen LogP contribution in [-0.2, 0) is 9.53 Å². The first-order valence-corrected chi connectivity index (χ1v) is 5.50. The molecule has 15 heavy (non-hydrogen) atoms. The normalized spacial score (nSPS) is 14.9. The number of hydrogen-bond acceptors (Lipinski definition) is 3. The minimum atomic E-state index is -0.497. The molecule has 0 aliphatic rings. The van der Waals surface area contributed by atoms with Crippen LogP contribution in [0.25, 0.3) is 0 Å². The highest BCUT2D eigenvalue weighted by Gasteiger charge is 2.23. The molecular formula is C12H25NO2. The van der Waals surface area contributed by atoms with Gasteiger partial charge < -0.3 is 10.5 Å². The first-order valence-electron chi connectivity index (χ1n) is 5.50. The Labute approximate surface area is 93.4 Å². The Morgan fingerprint density at radius 1 is 1.20 bits per heavy atom. The second-order valence-corrected chi connectivity index (χ2v) is 6.24. The molecule has 3 heteroatoms. The van der Waals surface area contributed by atoms with Crippen molar-refractivity contribution in [3.8, 4) is 0 Å². The molecule has 0 aromatic heterocycles. The van der Waals surface area contributed by atoms with Crippen LogP contribution in [0, 0.1) is 5.41 Å². The summed E-state index contributed by atoms with van der Waals surface area (Å²) in [6.07, 6.45) is 1.60. The van der Waals surface area contributed by atoms with E-state index >= 15 is 0 Å². The first-order chi connectivity index (χ1) is 6.51. The van der Waals surface area contributed by atoms with Gasteiger partial charge in [0.1, 0.15) is 11.6 Å². The molecule has 90 valence electrons. The molecule has 0 bridgehead atoms. The van der Waals surface area contributed by atoms with Crippen LogP contribution in [0.15, 0.2) is 0 Å². The molecule has 0 radical (unpaired) electrons. The van der Waals surface area contributed by atoms with Gasteiger partial charge in [-0.15, -0.1) is 0 Å². The Morgan fingerprint density at radius 3 is 2.00 bits per heavy atom. The summed E-state index contributed by atoms with van der Waals surface area (Å²) >= 11 is 0. The summed E-state index contributed by atoms with van der Waals surface area (Å²) in [7, 11) is 0. The standard InChI is InChI=1S/C12H25NO2/c1-11(2,3)8-7-9(13)10(14)15-12(4,5)6/h9H,7-8,13H2,1-6H3/t9-/m1/s1. The van der Waals surface area contributed by atoms with Crippen LogP contribution in [-0.4, -0.2) is 17.6 Å². The minimum absolute atomic E-state index is 0.208. The van der Waals surface area contributed by atoms with E-state index in [0.29, 0.717) is 6.42 Å². The molecule has 1 atom stereocenters. The molecule has 2 N–H and O–H groups in total. The molecular weight excluding hydrogens is 190 g/mol. The Balaban J connectivity index is 4.01. The van der Waals surface area contributed by atoms with Crippen LogP contribution < -0.4 is 5.73 Å². The van der Waals surface area contributed by atoms with E-state index in [0.717, 1.165) is 6.42 Å². The monoisotopic (exact) mass is 215 g/mol. The molecule has 0 spiro atoms. The minimum Gasteiger partial charge on any atom is -0.459 e. The Morgan fingerprint density at radius 2 is 1.67 bits per heavy atom. The highest BCUT2D eigenvalue weighted by atomic mass is 16.6. The maximum atomic E-state index is 11.5. The van der Waals surface area contributed by atoms with Gasteiger partial charge in [-0.2, -0.15) is 0 Å². The molecule has 3 nitrogen and oxygen atoms in total. The molecule has 0 heterocycles. The van der Waals surface area contributed by atoms with Gasteiger partial charge in [0.2, 0.25) is 0 Å². The van der Waals surface area contributed by atoms with Gasteiger partial charge in [0.25, 0.3) is 0 Å². The van der Waals surface area contributed by atoms with E-state index < -0.39 is 11.6 Å². The van der Waals surface area contributed by atoms with Gasteiger partial charge in [-0.05, 0) is 39.0 Å². The molecule has 0 fully saturated rings. The van der Waals surface area contributed by atoms with Crippen LogP contribution in [0.2, 0.25) is 0 Å². The van der Waals surface area contributed by atoms with Crippen LogP contribution >= 0.6 is 0 Å². The maximum absolute atomic E-state index is 11.5. The van der Waals surface area contributed by atoms with Crippen molar-refractivity contribution in [2.75, 3.05) is 0 Å². The topological polar surface area (TPSA) is 52.3 Å². The van der Waals surface area contributed by atoms with Crippen molar-refractivity contribution in [3.63, 3.8) is 0 Å². The predicted octanol–water partition coefficient (Wildman–Crippen LogP) is 2.48. The second-order valence-electron chi connectivity index (χ2n) is 6.24. The summed E-state index contributed by atoms with van der Waals surface area (Å²) < 4.78 is 5.20. The fraction of sp³-hybridized carbons (Fsp3) is 0.917. The van der Waals surface area contributed by atoms with Crippen LogP contribution in [0.5, 0.6) is 0 Å². The lowest BCUT2D eigenvalue weighted by Crippen LogP contribution is -2.37. The SMILES string of the molecule is CC(C)(C)CC[C@@H](N)C(=O)OC(C)(C)C. The number of carbonyl (C=O) groups excluding carboxylic acids is 1. The molecule has 0 saturated heterocycles. The lowest BCUT2D eigenvalue weighted by atomic mass is 9.89. The molecule has 0 unspecified atom stereocenters. The highest BCUT2D eigenvalue weighted by molar-refractivity contribution is 5.75. The number of ether oxygens (including phenoxy) is 1. The summed E-state index contributed by atoms with van der Waals surface area (Å²) in [6, 6.07) is -0.497. The van der Waals surface area contributed by atoms with Crippen molar-refractivity contribution in [1.29, 1.82) is 0 Å². The van der Waals surface area contributed by atoms with Crippen LogP contribution in [0.1, 0.15) is 54.4 Å². The zero-order valence-electron chi connectivity index (χ0n) is 10.9. The maximum Gasteiger partial charge on any atom is 0.323 e. The van der Waals surface area contributed by atoms with Gasteiger partial charge >= 0.3 is 5.97 Å². The van der Waals surface area contributed by atoms with E-state index in [1.165, 1.54) is 0 Å². The first kappa shape index (κ1) is 14.4. The van der Waals surface area contributed by atoms with E-state index in [1.807, 2.05) is 20.8 Å². The third-order valence-corrected chi connectivity index (χ3v) is 1.91. The summed E-state index contributed by atoms with van der Waals surface area (Å²) in [4.78, 5) is 11.5. The summed E-state index contributed by atoms with van der Waals surface area (Å²) in [6.45, 7) is 11.9. The van der Waals surface area contributed by atoms with Crippen molar-refractivity contribution >= 4 is 5.97 Å². The summed E-state index contributed by atoms with van der Waals surface area (Å²) in [5, 5.41) is 0. The molecule has 0 saturated carbocycles. The van der Waals surface area contributed by atoms with Gasteiger partial charge in [0, 0.05) is 0 Å². The number of rotatable bonds is 3. The molecule has 0 aliphatic heterocycles. The third kappa shape index (κ3) is 8.43. The summed E-state index contributed by atoms with van der Waals surface area (Å²) in [5.41, 5.74) is 5.52. The fourth-order valence-electron chi connectivity index (χ4n) is 1.08. The van der Waals surface area contributed by atoms with Crippen molar-refractivity contribution < 1.29 is 9.53 Å². The predicted molar refractivity (Wildman–Crippen MR) is 62.5 cm³/mol. The molecule has 0 aromatic rings. The average molecular weight is 215 g/mol. The molecule has 0 amide bonds. The number of nitrogens with two attached hydrogens (primary N) is 1. The third-order valence-electron chi connectivity index (χ3n) is 1.91. The Bertz CT molecular complexity index is 211. The average Bonchev–Trinajstić information content (AvgIpc) is 1.95. The van der Waals surface area contributed by atoms with Gasteiger partial charge in [0.05, 0.1) is 0 Å². The van der Waals surface area contributed by atoms with Crippen molar-refractivity contribution in [2.45, 2.75) is 66.0 Å². The summed E-state index contributed by atoms with van der Waals surface area (Å²) in [5.74, 6) is -0.299. The zero-order chi connectivity index (χ0) is 12.3. The second kappa shape index (κ2) is 4.97. The molecule has 0 rings (SSSR count). The van der Waals surface area contributed by atoms with E-state index in [2.05, 4.69) is 20.8 Å². The smallest absolute Gasteiger partial charge is 0.323 e. The number of hydrogen-bond donors (Lipinski definition) is 1. The molecule has 0 aromatic carbocycles. The van der Waals surface area contributed by atoms with E-state index in [4.69, 9.17) is 10.5 Å². The molecule has 0 aliphatic carbocycles. The van der Waals surface area contributed by atoms with Gasteiger partial charge in [-0.1, -0.05) is 20.8 Å². The van der Waals surface area contributed by atoms with E-state index in [1.54, 1.807) is 0 Å². The number of esters is 1. The van der Waals surface area contributed by atoms with Crippen molar-refractivity contribution in [1.82, 2.24) is 0 Å². The fourth-order valence-corrected chi connectivity index (χ4v) is 1.08. The van der Waals surface area contributed by atoms with Crippen LogP contribution in [0.4, 0.5) is 0 Å². The number of carbonyl (C=O) groups is 1. The Hall–Kier alpha value is -0.570. The quantitative estimate of drug-likeness (QED) is 0.736. The van der Waals surface area contributed by atoms with E-state index in [-0.39, 0.29) is 11.4 Å². The lowest BCUT2D eigenvalue weighted by molar-refractivity contribution is -0.156. The zero-order valence-corrected chi connectivity index (χ0v) is 10.9. The Kier molecular flexibility index (Phi) is 4.78. The van der Waals surface area contributed by atoms with Gasteiger partial charge in [-0.25, -0.2) is 0 Å². The largest absolute Gasteiger partial charge is 0.459 e. The van der Waals surface area contributed by atoms with Crippen molar-refractivity contribution in [2.24, 2.45) is 11.1 Å². The highest BCUT2D eigenvalue weighted by Crippen LogP contribution is 2.21. The van der Waals surface area contributed by atoms with Crippen molar-refractivity contribution in [3.05, 3.63) is 0 Å². The lowest BCUT2D eigenvalue weighted by Gasteiger charge is -2.24. The van der Waals surface area contributed by atoms with Gasteiger partial charge in [0.15, 0.2) is 0 Å².